The molecule has 2 aromatic rings. The van der Waals surface area contributed by atoms with E-state index in [1.165, 1.54) is 5.56 Å². The van der Waals surface area contributed by atoms with Crippen molar-refractivity contribution in [1.82, 2.24) is 9.80 Å². The van der Waals surface area contributed by atoms with E-state index >= 15 is 0 Å². The lowest BCUT2D eigenvalue weighted by Crippen LogP contribution is -2.34. The fraction of sp³-hybridized carbons (Fsp3) is 0.333. The Morgan fingerprint density at radius 2 is 1.64 bits per heavy atom. The molecule has 0 bridgehead atoms. The first kappa shape index (κ1) is 17.2. The lowest BCUT2D eigenvalue weighted by Gasteiger charge is -2.21. The van der Waals surface area contributed by atoms with Gasteiger partial charge in [-0.25, -0.2) is 0 Å². The van der Waals surface area contributed by atoms with Crippen LogP contribution in [0.2, 0.25) is 0 Å². The van der Waals surface area contributed by atoms with Crippen molar-refractivity contribution in [2.75, 3.05) is 20.1 Å². The summed E-state index contributed by atoms with van der Waals surface area (Å²) in [5.74, 6) is -0.0845. The minimum absolute atomic E-state index is 0.0550. The number of amides is 2. The van der Waals surface area contributed by atoms with Crippen molar-refractivity contribution in [3.63, 3.8) is 0 Å². The number of hydrogen-bond donors (Lipinski definition) is 0. The van der Waals surface area contributed by atoms with Crippen LogP contribution in [0.4, 0.5) is 0 Å². The molecule has 1 aliphatic rings. The van der Waals surface area contributed by atoms with Gasteiger partial charge in [-0.1, -0.05) is 60.7 Å². The van der Waals surface area contributed by atoms with Crippen LogP contribution in [0.5, 0.6) is 0 Å². The highest BCUT2D eigenvalue weighted by atomic mass is 16.2. The normalized spacial score (nSPS) is 16.9. The highest BCUT2D eigenvalue weighted by Crippen LogP contribution is 2.21. The van der Waals surface area contributed by atoms with Crippen LogP contribution in [-0.2, 0) is 22.6 Å². The second kappa shape index (κ2) is 7.97. The zero-order valence-electron chi connectivity index (χ0n) is 14.6. The second-order valence-corrected chi connectivity index (χ2v) is 6.66. The van der Waals surface area contributed by atoms with E-state index < -0.39 is 0 Å². The van der Waals surface area contributed by atoms with Crippen molar-refractivity contribution in [2.45, 2.75) is 19.4 Å². The first-order chi connectivity index (χ1) is 12.1. The molecule has 0 saturated carbocycles. The Balaban J connectivity index is 1.53. The molecule has 1 unspecified atom stereocenters. The number of nitrogens with zero attached hydrogens (tertiary/aromatic N) is 2. The molecule has 3 rings (SSSR count). The summed E-state index contributed by atoms with van der Waals surface area (Å²) < 4.78 is 0. The third-order valence-electron chi connectivity index (χ3n) is 4.72. The predicted octanol–water partition coefficient (Wildman–Crippen LogP) is 2.74. The van der Waals surface area contributed by atoms with Gasteiger partial charge in [0.15, 0.2) is 0 Å². The van der Waals surface area contributed by atoms with Crippen LogP contribution in [0.3, 0.4) is 0 Å². The van der Waals surface area contributed by atoms with Gasteiger partial charge in [0.25, 0.3) is 0 Å². The SMILES string of the molecule is CN(Cc1ccccc1)C(=O)C1CC(=O)N(CCc2ccccc2)C1. The molecule has 1 aliphatic heterocycles. The Kier molecular flexibility index (Phi) is 5.49. The zero-order valence-corrected chi connectivity index (χ0v) is 14.6. The third-order valence-corrected chi connectivity index (χ3v) is 4.72. The van der Waals surface area contributed by atoms with Gasteiger partial charge in [-0.2, -0.15) is 0 Å². The Bertz CT molecular complexity index is 715. The Labute approximate surface area is 149 Å². The van der Waals surface area contributed by atoms with Crippen molar-refractivity contribution < 1.29 is 9.59 Å². The van der Waals surface area contributed by atoms with E-state index in [-0.39, 0.29) is 17.7 Å². The molecule has 1 atom stereocenters. The molecule has 0 spiro atoms. The van der Waals surface area contributed by atoms with Crippen molar-refractivity contribution in [3.8, 4) is 0 Å². The number of hydrogen-bond acceptors (Lipinski definition) is 2. The maximum Gasteiger partial charge on any atom is 0.228 e. The van der Waals surface area contributed by atoms with Gasteiger partial charge in [-0.15, -0.1) is 0 Å². The fourth-order valence-electron chi connectivity index (χ4n) is 3.31. The van der Waals surface area contributed by atoms with Gasteiger partial charge in [-0.3, -0.25) is 9.59 Å². The Morgan fingerprint density at radius 3 is 2.28 bits per heavy atom. The molecule has 2 amide bonds. The molecule has 0 N–H and O–H groups in total. The van der Waals surface area contributed by atoms with E-state index in [2.05, 4.69) is 12.1 Å². The Morgan fingerprint density at radius 1 is 1.04 bits per heavy atom. The van der Waals surface area contributed by atoms with E-state index in [0.717, 1.165) is 12.0 Å². The molecule has 1 heterocycles. The summed E-state index contributed by atoms with van der Waals surface area (Å²) in [6.07, 6.45) is 1.15. The Hall–Kier alpha value is -2.62. The van der Waals surface area contributed by atoms with E-state index in [1.54, 1.807) is 4.90 Å². The van der Waals surface area contributed by atoms with Gasteiger partial charge in [0.2, 0.25) is 11.8 Å². The predicted molar refractivity (Wildman–Crippen MR) is 97.7 cm³/mol. The number of likely N-dealkylation sites (tertiary alicyclic amines) is 1. The number of benzene rings is 2. The molecule has 0 aliphatic carbocycles. The molecule has 0 radical (unpaired) electrons. The molecule has 25 heavy (non-hydrogen) atoms. The minimum Gasteiger partial charge on any atom is -0.342 e. The van der Waals surface area contributed by atoms with Crippen molar-refractivity contribution >= 4 is 11.8 Å². The van der Waals surface area contributed by atoms with Gasteiger partial charge >= 0.3 is 0 Å². The summed E-state index contributed by atoms with van der Waals surface area (Å²) in [6.45, 7) is 1.78. The molecule has 2 aromatic carbocycles. The lowest BCUT2D eigenvalue weighted by atomic mass is 10.1. The summed E-state index contributed by atoms with van der Waals surface area (Å²) in [5, 5.41) is 0. The summed E-state index contributed by atoms with van der Waals surface area (Å²) in [5.41, 5.74) is 2.31. The molecule has 130 valence electrons. The molecular weight excluding hydrogens is 312 g/mol. The first-order valence-electron chi connectivity index (χ1n) is 8.74. The van der Waals surface area contributed by atoms with Gasteiger partial charge in [0.05, 0.1) is 5.92 Å². The topological polar surface area (TPSA) is 40.6 Å². The van der Waals surface area contributed by atoms with Gasteiger partial charge in [0.1, 0.15) is 0 Å². The molecule has 1 fully saturated rings. The quantitative estimate of drug-likeness (QED) is 0.814. The van der Waals surface area contributed by atoms with E-state index in [9.17, 15) is 9.59 Å². The molecule has 0 aromatic heterocycles. The molecule has 1 saturated heterocycles. The highest BCUT2D eigenvalue weighted by molar-refractivity contribution is 5.89. The maximum atomic E-state index is 12.7. The maximum absolute atomic E-state index is 12.7. The van der Waals surface area contributed by atoms with E-state index in [4.69, 9.17) is 0 Å². The largest absolute Gasteiger partial charge is 0.342 e. The molecule has 4 heteroatoms. The van der Waals surface area contributed by atoms with Crippen molar-refractivity contribution in [3.05, 3.63) is 71.8 Å². The number of carbonyl (C=O) groups excluding carboxylic acids is 2. The van der Waals surface area contributed by atoms with Gasteiger partial charge < -0.3 is 9.80 Å². The van der Waals surface area contributed by atoms with Gasteiger partial charge in [-0.05, 0) is 17.5 Å². The average Bonchev–Trinajstić information content (AvgIpc) is 3.02. The van der Waals surface area contributed by atoms with Crippen molar-refractivity contribution in [2.24, 2.45) is 5.92 Å². The second-order valence-electron chi connectivity index (χ2n) is 6.66. The highest BCUT2D eigenvalue weighted by Gasteiger charge is 2.35. The fourth-order valence-corrected chi connectivity index (χ4v) is 3.31. The van der Waals surface area contributed by atoms with Crippen molar-refractivity contribution in [1.29, 1.82) is 0 Å². The van der Waals surface area contributed by atoms with Gasteiger partial charge in [0, 0.05) is 33.1 Å². The summed E-state index contributed by atoms with van der Waals surface area (Å²) >= 11 is 0. The van der Waals surface area contributed by atoms with Crippen LogP contribution >= 0.6 is 0 Å². The van der Waals surface area contributed by atoms with Crippen LogP contribution in [0, 0.1) is 5.92 Å². The average molecular weight is 336 g/mol. The van der Waals surface area contributed by atoms with E-state index in [0.29, 0.717) is 26.1 Å². The summed E-state index contributed by atoms with van der Waals surface area (Å²) in [6, 6.07) is 20.1. The zero-order chi connectivity index (χ0) is 17.6. The van der Waals surface area contributed by atoms with Crippen LogP contribution < -0.4 is 0 Å². The molecular formula is C21H24N2O2. The van der Waals surface area contributed by atoms with E-state index in [1.807, 2.05) is 60.5 Å². The number of carbonyl (C=O) groups is 2. The van der Waals surface area contributed by atoms with Crippen LogP contribution in [0.25, 0.3) is 0 Å². The smallest absolute Gasteiger partial charge is 0.228 e. The standard InChI is InChI=1S/C21H24N2O2/c1-22(15-18-10-6-3-7-11-18)21(25)19-14-20(24)23(16-19)13-12-17-8-4-2-5-9-17/h2-11,19H,12-16H2,1H3. The number of rotatable bonds is 6. The third kappa shape index (κ3) is 4.47. The lowest BCUT2D eigenvalue weighted by molar-refractivity contribution is -0.135. The first-order valence-corrected chi connectivity index (χ1v) is 8.74. The monoisotopic (exact) mass is 336 g/mol. The van der Waals surface area contributed by atoms with Crippen LogP contribution in [0.15, 0.2) is 60.7 Å². The van der Waals surface area contributed by atoms with Crippen LogP contribution in [0.1, 0.15) is 17.5 Å². The summed E-state index contributed by atoms with van der Waals surface area (Å²) in [7, 11) is 1.81. The molecule has 4 nitrogen and oxygen atoms in total. The van der Waals surface area contributed by atoms with Crippen LogP contribution in [-0.4, -0.2) is 41.8 Å². The summed E-state index contributed by atoms with van der Waals surface area (Å²) in [4.78, 5) is 28.5. The minimum atomic E-state index is -0.225.